The molecule has 0 bridgehead atoms. The number of aryl methyl sites for hydroxylation is 1. The number of anilines is 1. The van der Waals surface area contributed by atoms with E-state index < -0.39 is 0 Å². The van der Waals surface area contributed by atoms with Crippen LogP contribution in [0, 0.1) is 6.92 Å². The zero-order valence-electron chi connectivity index (χ0n) is 12.0. The van der Waals surface area contributed by atoms with Crippen LogP contribution in [-0.4, -0.2) is 21.8 Å². The minimum absolute atomic E-state index is 0.00870. The molecular weight excluding hydrogens is 270 g/mol. The number of aromatic nitrogens is 1. The number of amides is 1. The van der Waals surface area contributed by atoms with Gasteiger partial charge in [-0.2, -0.15) is 0 Å². The Morgan fingerprint density at radius 3 is 2.75 bits per heavy atom. The summed E-state index contributed by atoms with van der Waals surface area (Å²) in [6.45, 7) is 6.49. The maximum Gasteiger partial charge on any atom is 0.254 e. The Hall–Kier alpha value is -1.88. The van der Waals surface area contributed by atoms with E-state index in [0.29, 0.717) is 17.9 Å². The molecule has 0 aliphatic carbocycles. The molecule has 0 aromatic carbocycles. The summed E-state index contributed by atoms with van der Waals surface area (Å²) in [7, 11) is 0. The van der Waals surface area contributed by atoms with Crippen molar-refractivity contribution in [1.29, 1.82) is 0 Å². The Kier molecular flexibility index (Phi) is 4.39. The standard InChI is InChI=1S/C15H19N3OS/c1-10(2)18(9-13-5-4-6-20-13)15(19)12-7-11(3)17-14(16)8-12/h4-8,10H,9H2,1-3H3,(H2,16,17). The van der Waals surface area contributed by atoms with E-state index >= 15 is 0 Å². The maximum atomic E-state index is 12.7. The van der Waals surface area contributed by atoms with Gasteiger partial charge >= 0.3 is 0 Å². The number of carbonyl (C=O) groups is 1. The Morgan fingerprint density at radius 1 is 1.45 bits per heavy atom. The van der Waals surface area contributed by atoms with Crippen LogP contribution >= 0.6 is 11.3 Å². The SMILES string of the molecule is Cc1cc(C(=O)N(Cc2cccs2)C(C)C)cc(N)n1. The summed E-state index contributed by atoms with van der Waals surface area (Å²) >= 11 is 1.66. The number of nitrogens with zero attached hydrogens (tertiary/aromatic N) is 2. The largest absolute Gasteiger partial charge is 0.384 e. The molecule has 0 aliphatic heterocycles. The van der Waals surface area contributed by atoms with Gasteiger partial charge in [0.1, 0.15) is 5.82 Å². The van der Waals surface area contributed by atoms with Gasteiger partial charge in [-0.15, -0.1) is 11.3 Å². The summed E-state index contributed by atoms with van der Waals surface area (Å²) < 4.78 is 0. The third-order valence-corrected chi connectivity index (χ3v) is 3.87. The number of thiophene rings is 1. The van der Waals surface area contributed by atoms with Crippen molar-refractivity contribution >= 4 is 23.1 Å². The number of hydrogen-bond donors (Lipinski definition) is 1. The average molecular weight is 289 g/mol. The summed E-state index contributed by atoms with van der Waals surface area (Å²) in [5.74, 6) is 0.374. The third kappa shape index (κ3) is 3.36. The number of rotatable bonds is 4. The van der Waals surface area contributed by atoms with Crippen molar-refractivity contribution in [3.05, 3.63) is 45.8 Å². The fourth-order valence-electron chi connectivity index (χ4n) is 2.04. The number of carbonyl (C=O) groups excluding carboxylic acids is 1. The number of nitrogen functional groups attached to an aromatic ring is 1. The quantitative estimate of drug-likeness (QED) is 0.941. The van der Waals surface area contributed by atoms with Gasteiger partial charge in [0.05, 0.1) is 6.54 Å². The molecule has 106 valence electrons. The van der Waals surface area contributed by atoms with Crippen LogP contribution in [0.25, 0.3) is 0 Å². The lowest BCUT2D eigenvalue weighted by Gasteiger charge is -2.26. The minimum Gasteiger partial charge on any atom is -0.384 e. The zero-order chi connectivity index (χ0) is 14.7. The van der Waals surface area contributed by atoms with Crippen molar-refractivity contribution in [2.24, 2.45) is 0 Å². The molecule has 2 aromatic rings. The molecule has 0 fully saturated rings. The highest BCUT2D eigenvalue weighted by atomic mass is 32.1. The molecular formula is C15H19N3OS. The lowest BCUT2D eigenvalue weighted by atomic mass is 10.1. The van der Waals surface area contributed by atoms with E-state index in [1.54, 1.807) is 23.5 Å². The fraction of sp³-hybridized carbons (Fsp3) is 0.333. The van der Waals surface area contributed by atoms with Gasteiger partial charge in [0.2, 0.25) is 0 Å². The lowest BCUT2D eigenvalue weighted by molar-refractivity contribution is 0.0692. The van der Waals surface area contributed by atoms with Gasteiger partial charge in [-0.05, 0) is 44.4 Å². The summed E-state index contributed by atoms with van der Waals surface area (Å²) in [5, 5.41) is 2.02. The van der Waals surface area contributed by atoms with Gasteiger partial charge in [-0.25, -0.2) is 4.98 Å². The minimum atomic E-state index is -0.00870. The van der Waals surface area contributed by atoms with Crippen molar-refractivity contribution in [3.8, 4) is 0 Å². The van der Waals surface area contributed by atoms with E-state index in [1.165, 1.54) is 4.88 Å². The van der Waals surface area contributed by atoms with Crippen LogP contribution in [0.1, 0.15) is 34.8 Å². The predicted octanol–water partition coefficient (Wildman–Crippen LogP) is 3.08. The molecule has 2 N–H and O–H groups in total. The van der Waals surface area contributed by atoms with Crippen LogP contribution < -0.4 is 5.73 Å². The fourth-order valence-corrected chi connectivity index (χ4v) is 2.75. The lowest BCUT2D eigenvalue weighted by Crippen LogP contribution is -2.36. The van der Waals surface area contributed by atoms with Crippen molar-refractivity contribution in [2.45, 2.75) is 33.4 Å². The van der Waals surface area contributed by atoms with Gasteiger partial charge < -0.3 is 10.6 Å². The summed E-state index contributed by atoms with van der Waals surface area (Å²) in [5.41, 5.74) is 7.08. The normalized spacial score (nSPS) is 10.8. The van der Waals surface area contributed by atoms with Gasteiger partial charge in [0, 0.05) is 22.2 Å². The molecule has 1 amide bonds. The molecule has 0 atom stereocenters. The maximum absolute atomic E-state index is 12.7. The molecule has 0 radical (unpaired) electrons. The topological polar surface area (TPSA) is 59.2 Å². The van der Waals surface area contributed by atoms with E-state index in [2.05, 4.69) is 4.98 Å². The van der Waals surface area contributed by atoms with E-state index in [4.69, 9.17) is 5.73 Å². The Bertz CT molecular complexity index is 573. The van der Waals surface area contributed by atoms with Crippen molar-refractivity contribution in [1.82, 2.24) is 9.88 Å². The Balaban J connectivity index is 2.26. The van der Waals surface area contributed by atoms with Gasteiger partial charge in [0.15, 0.2) is 0 Å². The first-order chi connectivity index (χ1) is 9.47. The van der Waals surface area contributed by atoms with E-state index in [0.717, 1.165) is 5.69 Å². The number of pyridine rings is 1. The second-order valence-electron chi connectivity index (χ2n) is 5.03. The summed E-state index contributed by atoms with van der Waals surface area (Å²) in [6, 6.07) is 7.58. The van der Waals surface area contributed by atoms with Crippen molar-refractivity contribution in [2.75, 3.05) is 5.73 Å². The van der Waals surface area contributed by atoms with Crippen LogP contribution in [0.4, 0.5) is 5.82 Å². The monoisotopic (exact) mass is 289 g/mol. The first-order valence-electron chi connectivity index (χ1n) is 6.55. The summed E-state index contributed by atoms with van der Waals surface area (Å²) in [6.07, 6.45) is 0. The predicted molar refractivity (Wildman–Crippen MR) is 82.7 cm³/mol. The molecule has 20 heavy (non-hydrogen) atoms. The first kappa shape index (κ1) is 14.5. The first-order valence-corrected chi connectivity index (χ1v) is 7.43. The molecule has 5 heteroatoms. The highest BCUT2D eigenvalue weighted by Crippen LogP contribution is 2.18. The van der Waals surface area contributed by atoms with Gasteiger partial charge in [0.25, 0.3) is 5.91 Å². The molecule has 4 nitrogen and oxygen atoms in total. The number of nitrogens with two attached hydrogens (primary N) is 1. The van der Waals surface area contributed by atoms with Crippen LogP contribution in [0.15, 0.2) is 29.6 Å². The highest BCUT2D eigenvalue weighted by molar-refractivity contribution is 7.09. The molecule has 2 aromatic heterocycles. The van der Waals surface area contributed by atoms with E-state index in [1.807, 2.05) is 43.2 Å². The smallest absolute Gasteiger partial charge is 0.254 e. The number of hydrogen-bond acceptors (Lipinski definition) is 4. The Morgan fingerprint density at radius 2 is 2.20 bits per heavy atom. The van der Waals surface area contributed by atoms with Crippen molar-refractivity contribution in [3.63, 3.8) is 0 Å². The average Bonchev–Trinajstić information content (AvgIpc) is 2.86. The molecule has 0 aliphatic rings. The van der Waals surface area contributed by atoms with E-state index in [9.17, 15) is 4.79 Å². The van der Waals surface area contributed by atoms with E-state index in [-0.39, 0.29) is 11.9 Å². The molecule has 0 saturated carbocycles. The molecule has 0 spiro atoms. The second-order valence-corrected chi connectivity index (χ2v) is 6.06. The molecule has 0 saturated heterocycles. The van der Waals surface area contributed by atoms with Crippen LogP contribution in [-0.2, 0) is 6.54 Å². The summed E-state index contributed by atoms with van der Waals surface area (Å²) in [4.78, 5) is 19.8. The van der Waals surface area contributed by atoms with Crippen LogP contribution in [0.3, 0.4) is 0 Å². The zero-order valence-corrected chi connectivity index (χ0v) is 12.8. The third-order valence-electron chi connectivity index (χ3n) is 3.01. The van der Waals surface area contributed by atoms with Crippen LogP contribution in [0.5, 0.6) is 0 Å². The van der Waals surface area contributed by atoms with Gasteiger partial charge in [-0.1, -0.05) is 6.07 Å². The second kappa shape index (κ2) is 6.05. The Labute approximate surface area is 123 Å². The van der Waals surface area contributed by atoms with Crippen molar-refractivity contribution < 1.29 is 4.79 Å². The van der Waals surface area contributed by atoms with Gasteiger partial charge in [-0.3, -0.25) is 4.79 Å². The molecule has 2 heterocycles. The molecule has 0 unspecified atom stereocenters. The molecule has 2 rings (SSSR count). The van der Waals surface area contributed by atoms with Crippen LogP contribution in [0.2, 0.25) is 0 Å². The highest BCUT2D eigenvalue weighted by Gasteiger charge is 2.20.